The molecule has 2 aromatic rings. The van der Waals surface area contributed by atoms with Crippen molar-refractivity contribution in [3.05, 3.63) is 53.6 Å². The van der Waals surface area contributed by atoms with E-state index in [0.29, 0.717) is 24.2 Å². The van der Waals surface area contributed by atoms with E-state index in [1.807, 2.05) is 0 Å². The van der Waals surface area contributed by atoms with Gasteiger partial charge in [-0.2, -0.15) is 0 Å². The smallest absolute Gasteiger partial charge is 0.305 e. The average molecular weight is 475 g/mol. The molecule has 2 N–H and O–H groups in total. The highest BCUT2D eigenvalue weighted by Crippen LogP contribution is 2.33. The maximum Gasteiger partial charge on any atom is 0.305 e. The third-order valence-electron chi connectivity index (χ3n) is 6.05. The molecule has 1 saturated heterocycles. The first kappa shape index (κ1) is 23.1. The van der Waals surface area contributed by atoms with Gasteiger partial charge in [-0.3, -0.25) is 14.3 Å². The van der Waals surface area contributed by atoms with Gasteiger partial charge >= 0.3 is 5.97 Å². The maximum atomic E-state index is 13.3. The monoisotopic (exact) mass is 474 g/mol. The Labute approximate surface area is 192 Å². The third kappa shape index (κ3) is 4.81. The summed E-state index contributed by atoms with van der Waals surface area (Å²) in [5, 5.41) is 9.06. The zero-order valence-corrected chi connectivity index (χ0v) is 19.2. The van der Waals surface area contributed by atoms with Gasteiger partial charge in [-0.1, -0.05) is 18.2 Å². The zero-order chi connectivity index (χ0) is 23.8. The van der Waals surface area contributed by atoms with Crippen LogP contribution in [0, 0.1) is 6.92 Å². The summed E-state index contributed by atoms with van der Waals surface area (Å²) in [6.45, 7) is 1.87. The quantitative estimate of drug-likeness (QED) is 0.683. The summed E-state index contributed by atoms with van der Waals surface area (Å²) < 4.78 is 40.0. The molecule has 0 bridgehead atoms. The molecule has 0 aromatic heterocycles. The van der Waals surface area contributed by atoms with Crippen LogP contribution in [-0.4, -0.2) is 62.2 Å². The Kier molecular flexibility index (Phi) is 6.31. The Balaban J connectivity index is 1.58. The van der Waals surface area contributed by atoms with E-state index < -0.39 is 28.2 Å². The molecule has 176 valence electrons. The fraction of sp³-hybridized carbons (Fsp3) is 0.391. The number of aliphatic carboxylic acids is 1. The number of carboxylic acid groups (broad SMARTS) is 1. The maximum absolute atomic E-state index is 13.3. The van der Waals surface area contributed by atoms with Crippen LogP contribution in [0.3, 0.4) is 0 Å². The molecular weight excluding hydrogens is 448 g/mol. The van der Waals surface area contributed by atoms with E-state index in [0.717, 1.165) is 0 Å². The molecule has 0 aliphatic carbocycles. The molecule has 1 fully saturated rings. The van der Waals surface area contributed by atoms with Gasteiger partial charge in [0.05, 0.1) is 29.0 Å². The van der Waals surface area contributed by atoms with Gasteiger partial charge in [0.1, 0.15) is 18.5 Å². The molecule has 0 unspecified atom stereocenters. The van der Waals surface area contributed by atoms with E-state index in [4.69, 9.17) is 14.6 Å². The molecule has 9 nitrogen and oxygen atoms in total. The number of carboxylic acids is 1. The molecule has 0 spiro atoms. The lowest BCUT2D eigenvalue weighted by molar-refractivity contribution is -0.148. The van der Waals surface area contributed by atoms with Gasteiger partial charge in [-0.15, -0.1) is 0 Å². The molecule has 2 aliphatic rings. The first-order valence-electron chi connectivity index (χ1n) is 10.7. The molecule has 33 heavy (non-hydrogen) atoms. The summed E-state index contributed by atoms with van der Waals surface area (Å²) in [6, 6.07) is 10.9. The van der Waals surface area contributed by atoms with Gasteiger partial charge in [0, 0.05) is 12.7 Å². The number of sulfonamides is 1. The molecule has 4 rings (SSSR count). The average Bonchev–Trinajstić information content (AvgIpc) is 2.76. The highest BCUT2D eigenvalue weighted by Gasteiger charge is 2.39. The molecule has 1 amide bonds. The minimum atomic E-state index is -3.84. The second-order valence-corrected chi connectivity index (χ2v) is 10.00. The van der Waals surface area contributed by atoms with Crippen LogP contribution in [0.4, 0.5) is 5.69 Å². The standard InChI is InChI=1S/C23H26N2O7S/c1-14-5-3-4-6-21(14)33(29,30)24-15-7-10-19-17(11-15)23(28)25(2)18-9-8-16(12-22(26)27)32-20(18)13-31-19/h3-7,10-11,16,18,20,24H,8-9,12-13H2,1-2H3,(H,26,27)/t16-,18+,20-/m1/s1. The van der Waals surface area contributed by atoms with Crippen LogP contribution in [0.15, 0.2) is 47.4 Å². The number of hydrogen-bond donors (Lipinski definition) is 2. The molecule has 2 heterocycles. The second kappa shape index (κ2) is 9.03. The Morgan fingerprint density at radius 2 is 1.97 bits per heavy atom. The molecule has 2 aromatic carbocycles. The minimum Gasteiger partial charge on any atom is -0.490 e. The number of carbonyl (C=O) groups excluding carboxylic acids is 1. The number of nitrogens with zero attached hydrogens (tertiary/aromatic N) is 1. The number of rotatable bonds is 5. The van der Waals surface area contributed by atoms with Crippen molar-refractivity contribution >= 4 is 27.6 Å². The molecular formula is C23H26N2O7S. The van der Waals surface area contributed by atoms with Crippen molar-refractivity contribution in [1.82, 2.24) is 4.90 Å². The van der Waals surface area contributed by atoms with E-state index in [2.05, 4.69) is 4.72 Å². The fourth-order valence-electron chi connectivity index (χ4n) is 4.35. The highest BCUT2D eigenvalue weighted by atomic mass is 32.2. The number of benzene rings is 2. The van der Waals surface area contributed by atoms with Gasteiger partial charge in [-0.25, -0.2) is 8.42 Å². The number of hydrogen-bond acceptors (Lipinski definition) is 6. The lowest BCUT2D eigenvalue weighted by atomic mass is 9.95. The minimum absolute atomic E-state index is 0.0954. The number of amides is 1. The van der Waals surface area contributed by atoms with Gasteiger partial charge in [0.2, 0.25) is 0 Å². The van der Waals surface area contributed by atoms with Crippen LogP contribution in [0.5, 0.6) is 5.75 Å². The normalized spacial score (nSPS) is 22.9. The molecule has 3 atom stereocenters. The van der Waals surface area contributed by atoms with Crippen molar-refractivity contribution in [2.75, 3.05) is 18.4 Å². The SMILES string of the molecule is Cc1ccccc1S(=O)(=O)Nc1ccc2c(c1)C(=O)N(C)[C@H]1CC[C@H](CC(=O)O)O[C@@H]1CO2. The van der Waals surface area contributed by atoms with Crippen LogP contribution in [0.1, 0.15) is 35.2 Å². The third-order valence-corrected chi connectivity index (χ3v) is 7.59. The van der Waals surface area contributed by atoms with E-state index in [9.17, 15) is 18.0 Å². The van der Waals surface area contributed by atoms with Crippen molar-refractivity contribution in [3.63, 3.8) is 0 Å². The fourth-order valence-corrected chi connectivity index (χ4v) is 5.65. The topological polar surface area (TPSA) is 122 Å². The van der Waals surface area contributed by atoms with Crippen molar-refractivity contribution in [2.24, 2.45) is 0 Å². The molecule has 0 radical (unpaired) electrons. The molecule has 0 saturated carbocycles. The van der Waals surface area contributed by atoms with Crippen molar-refractivity contribution < 1.29 is 32.6 Å². The Morgan fingerprint density at radius 3 is 2.70 bits per heavy atom. The predicted octanol–water partition coefficient (Wildman–Crippen LogP) is 2.65. The van der Waals surface area contributed by atoms with Crippen LogP contribution >= 0.6 is 0 Å². The molecule has 10 heteroatoms. The first-order chi connectivity index (χ1) is 15.7. The lowest BCUT2D eigenvalue weighted by Crippen LogP contribution is -2.53. The summed E-state index contributed by atoms with van der Waals surface area (Å²) in [7, 11) is -2.17. The van der Waals surface area contributed by atoms with Crippen molar-refractivity contribution in [2.45, 2.75) is 49.3 Å². The van der Waals surface area contributed by atoms with Crippen LogP contribution in [0.2, 0.25) is 0 Å². The van der Waals surface area contributed by atoms with Crippen molar-refractivity contribution in [3.8, 4) is 5.75 Å². The van der Waals surface area contributed by atoms with Crippen LogP contribution < -0.4 is 9.46 Å². The largest absolute Gasteiger partial charge is 0.490 e. The van der Waals surface area contributed by atoms with E-state index in [-0.39, 0.29) is 41.1 Å². The summed E-state index contributed by atoms with van der Waals surface area (Å²) in [5.74, 6) is -0.939. The summed E-state index contributed by atoms with van der Waals surface area (Å²) in [6.07, 6.45) is 0.136. The predicted molar refractivity (Wildman–Crippen MR) is 120 cm³/mol. The van der Waals surface area contributed by atoms with Crippen molar-refractivity contribution in [1.29, 1.82) is 0 Å². The summed E-state index contributed by atoms with van der Waals surface area (Å²) in [4.78, 5) is 26.0. The van der Waals surface area contributed by atoms with Gasteiger partial charge in [-0.05, 0) is 49.6 Å². The lowest BCUT2D eigenvalue weighted by Gasteiger charge is -2.42. The number of nitrogens with one attached hydrogen (secondary N) is 1. The number of carbonyl (C=O) groups is 2. The summed E-state index contributed by atoms with van der Waals surface area (Å²) in [5.41, 5.74) is 1.11. The highest BCUT2D eigenvalue weighted by molar-refractivity contribution is 7.92. The van der Waals surface area contributed by atoms with Crippen LogP contribution in [-0.2, 0) is 19.6 Å². The Hall–Kier alpha value is -3.11. The van der Waals surface area contributed by atoms with Gasteiger partial charge in [0.25, 0.3) is 15.9 Å². The van der Waals surface area contributed by atoms with Gasteiger partial charge < -0.3 is 19.5 Å². The Bertz CT molecular complexity index is 1180. The van der Waals surface area contributed by atoms with E-state index in [1.54, 1.807) is 43.1 Å². The first-order valence-corrected chi connectivity index (χ1v) is 12.1. The number of fused-ring (bicyclic) bond motifs is 2. The second-order valence-electron chi connectivity index (χ2n) is 8.35. The molecule has 2 aliphatic heterocycles. The zero-order valence-electron chi connectivity index (χ0n) is 18.4. The number of anilines is 1. The Morgan fingerprint density at radius 1 is 1.21 bits per heavy atom. The van der Waals surface area contributed by atoms with E-state index >= 15 is 0 Å². The number of ether oxygens (including phenoxy) is 2. The number of likely N-dealkylation sites (N-methyl/N-ethyl adjacent to an activating group) is 1. The van der Waals surface area contributed by atoms with Gasteiger partial charge in [0.15, 0.2) is 0 Å². The van der Waals surface area contributed by atoms with Crippen LogP contribution in [0.25, 0.3) is 0 Å². The summed E-state index contributed by atoms with van der Waals surface area (Å²) >= 11 is 0. The van der Waals surface area contributed by atoms with E-state index in [1.165, 1.54) is 18.2 Å². The number of aryl methyl sites for hydroxylation is 1.